The number of carbonyl (C=O) groups is 1. The Bertz CT molecular complexity index is 435. The number of amides is 1. The Kier molecular flexibility index (Phi) is 4.45. The van der Waals surface area contributed by atoms with Gasteiger partial charge in [0.1, 0.15) is 10.7 Å². The third kappa shape index (κ3) is 3.03. The van der Waals surface area contributed by atoms with Crippen LogP contribution in [-0.4, -0.2) is 36.0 Å². The van der Waals surface area contributed by atoms with Gasteiger partial charge in [0.25, 0.3) is 5.91 Å². The van der Waals surface area contributed by atoms with Crippen LogP contribution in [0.1, 0.15) is 16.9 Å². The lowest BCUT2D eigenvalue weighted by molar-refractivity contribution is 0.0992. The fraction of sp³-hybridized carbons (Fsp3) is 0.556. The highest BCUT2D eigenvalue weighted by atomic mass is 32.1. The molecule has 0 spiro atoms. The first kappa shape index (κ1) is 13.1. The van der Waals surface area contributed by atoms with Gasteiger partial charge < -0.3 is 20.9 Å². The molecule has 90 valence electrons. The van der Waals surface area contributed by atoms with E-state index in [9.17, 15) is 4.79 Å². The van der Waals surface area contributed by atoms with E-state index in [-0.39, 0.29) is 0 Å². The summed E-state index contributed by atoms with van der Waals surface area (Å²) in [5, 5.41) is 0.405. The number of carbonyl (C=O) groups excluding carboxylic acids is 1. The van der Waals surface area contributed by atoms with Crippen LogP contribution < -0.4 is 11.5 Å². The van der Waals surface area contributed by atoms with Gasteiger partial charge in [-0.15, -0.1) is 0 Å². The van der Waals surface area contributed by atoms with E-state index >= 15 is 0 Å². The first-order valence-corrected chi connectivity index (χ1v) is 6.09. The van der Waals surface area contributed by atoms with E-state index in [1.807, 2.05) is 14.1 Å². The fourth-order valence-electron chi connectivity index (χ4n) is 1.42. The van der Waals surface area contributed by atoms with E-state index in [1.54, 1.807) is 4.57 Å². The maximum absolute atomic E-state index is 11.2. The number of aromatic nitrogens is 1. The van der Waals surface area contributed by atoms with Gasteiger partial charge in [0.05, 0.1) is 0 Å². The number of hydrogen-bond donors (Lipinski definition) is 2. The van der Waals surface area contributed by atoms with Crippen molar-refractivity contribution < 1.29 is 4.79 Å². The largest absolute Gasteiger partial charge is 0.389 e. The molecule has 5 nitrogen and oxygen atoms in total. The summed E-state index contributed by atoms with van der Waals surface area (Å²) < 4.78 is 2.33. The maximum Gasteiger partial charge on any atom is 0.268 e. The van der Waals surface area contributed by atoms with Crippen LogP contribution in [0.15, 0.2) is 0 Å². The molecule has 1 heterocycles. The normalized spacial score (nSPS) is 10.9. The minimum absolute atomic E-state index is 0.341. The van der Waals surface area contributed by atoms with Crippen LogP contribution in [0.2, 0.25) is 0 Å². The monoisotopic (exact) mass is 260 g/mol. The van der Waals surface area contributed by atoms with Crippen molar-refractivity contribution in [3.63, 3.8) is 0 Å². The van der Waals surface area contributed by atoms with Crippen molar-refractivity contribution in [1.29, 1.82) is 0 Å². The SMILES string of the molecule is CN(C)CCCn1c(C(N)=O)c(N)sc1=S. The van der Waals surface area contributed by atoms with Gasteiger partial charge in [-0.3, -0.25) is 4.79 Å². The fourth-order valence-corrected chi connectivity index (χ4v) is 2.66. The van der Waals surface area contributed by atoms with Crippen molar-refractivity contribution in [2.24, 2.45) is 5.73 Å². The Morgan fingerprint density at radius 1 is 1.56 bits per heavy atom. The van der Waals surface area contributed by atoms with E-state index in [1.165, 1.54) is 11.3 Å². The molecule has 4 N–H and O–H groups in total. The topological polar surface area (TPSA) is 77.3 Å². The van der Waals surface area contributed by atoms with Gasteiger partial charge in [-0.05, 0) is 39.3 Å². The lowest BCUT2D eigenvalue weighted by Crippen LogP contribution is -2.20. The van der Waals surface area contributed by atoms with Crippen LogP contribution in [0, 0.1) is 3.95 Å². The van der Waals surface area contributed by atoms with Crippen LogP contribution in [0.4, 0.5) is 5.00 Å². The molecule has 0 radical (unpaired) electrons. The second-order valence-electron chi connectivity index (χ2n) is 3.75. The molecular weight excluding hydrogens is 244 g/mol. The predicted octanol–water partition coefficient (Wildman–Crippen LogP) is 0.912. The van der Waals surface area contributed by atoms with Crippen molar-refractivity contribution in [3.8, 4) is 0 Å². The lowest BCUT2D eigenvalue weighted by atomic mass is 10.3. The van der Waals surface area contributed by atoms with Crippen LogP contribution >= 0.6 is 23.6 Å². The van der Waals surface area contributed by atoms with Crippen LogP contribution in [0.5, 0.6) is 0 Å². The summed E-state index contributed by atoms with van der Waals surface area (Å²) in [5.41, 5.74) is 11.3. The molecule has 0 saturated carbocycles. The highest BCUT2D eigenvalue weighted by molar-refractivity contribution is 7.73. The van der Waals surface area contributed by atoms with Gasteiger partial charge in [-0.25, -0.2) is 0 Å². The second-order valence-corrected chi connectivity index (χ2v) is 5.43. The van der Waals surface area contributed by atoms with Gasteiger partial charge in [0.2, 0.25) is 0 Å². The molecule has 0 aliphatic carbocycles. The van der Waals surface area contributed by atoms with E-state index in [0.717, 1.165) is 13.0 Å². The number of nitrogens with zero attached hydrogens (tertiary/aromatic N) is 2. The third-order valence-electron chi connectivity index (χ3n) is 2.14. The summed E-state index contributed by atoms with van der Waals surface area (Å²) in [7, 11) is 3.99. The Morgan fingerprint density at radius 2 is 2.19 bits per heavy atom. The van der Waals surface area contributed by atoms with Crippen molar-refractivity contribution in [2.75, 3.05) is 26.4 Å². The van der Waals surface area contributed by atoms with E-state index in [2.05, 4.69) is 4.90 Å². The molecule has 0 aromatic carbocycles. The van der Waals surface area contributed by atoms with Gasteiger partial charge in [-0.1, -0.05) is 11.3 Å². The number of primary amides is 1. The van der Waals surface area contributed by atoms with Crippen LogP contribution in [0.25, 0.3) is 0 Å². The zero-order chi connectivity index (χ0) is 12.3. The Morgan fingerprint density at radius 3 is 2.69 bits per heavy atom. The number of nitrogen functional groups attached to an aromatic ring is 1. The summed E-state index contributed by atoms with van der Waals surface area (Å²) >= 11 is 6.36. The van der Waals surface area contributed by atoms with Crippen molar-refractivity contribution >= 4 is 34.5 Å². The zero-order valence-corrected chi connectivity index (χ0v) is 11.0. The summed E-state index contributed by atoms with van der Waals surface area (Å²) in [6.07, 6.45) is 0.901. The zero-order valence-electron chi connectivity index (χ0n) is 9.40. The van der Waals surface area contributed by atoms with Crippen molar-refractivity contribution in [2.45, 2.75) is 13.0 Å². The molecule has 16 heavy (non-hydrogen) atoms. The quantitative estimate of drug-likeness (QED) is 0.772. The highest BCUT2D eigenvalue weighted by Crippen LogP contribution is 2.21. The van der Waals surface area contributed by atoms with E-state index in [0.29, 0.717) is 21.2 Å². The summed E-state index contributed by atoms with van der Waals surface area (Å²) in [6.45, 7) is 1.60. The Balaban J connectivity index is 2.86. The molecule has 0 aliphatic rings. The number of nitrogens with two attached hydrogens (primary N) is 2. The minimum atomic E-state index is -0.519. The predicted molar refractivity (Wildman–Crippen MR) is 69.2 cm³/mol. The third-order valence-corrected chi connectivity index (χ3v) is 3.42. The number of rotatable bonds is 5. The summed E-state index contributed by atoms with van der Waals surface area (Å²) in [6, 6.07) is 0. The molecule has 7 heteroatoms. The number of hydrogen-bond acceptors (Lipinski definition) is 5. The van der Waals surface area contributed by atoms with Gasteiger partial charge in [0.15, 0.2) is 3.95 Å². The standard InChI is InChI=1S/C9H16N4OS2/c1-12(2)4-3-5-13-6(7(10)14)8(11)16-9(13)15/h3-5,11H2,1-2H3,(H2,10,14). The second kappa shape index (κ2) is 5.42. The number of thiazole rings is 1. The summed E-state index contributed by atoms with van der Waals surface area (Å²) in [4.78, 5) is 13.3. The molecule has 1 aromatic heterocycles. The molecule has 0 unspecified atom stereocenters. The first-order valence-electron chi connectivity index (χ1n) is 4.87. The van der Waals surface area contributed by atoms with Crippen molar-refractivity contribution in [1.82, 2.24) is 9.47 Å². The Labute approximate surface area is 104 Å². The molecule has 0 saturated heterocycles. The molecule has 0 atom stereocenters. The van der Waals surface area contributed by atoms with Gasteiger partial charge in [-0.2, -0.15) is 0 Å². The first-order chi connectivity index (χ1) is 7.43. The molecular formula is C9H16N4OS2. The minimum Gasteiger partial charge on any atom is -0.389 e. The molecule has 1 amide bonds. The van der Waals surface area contributed by atoms with E-state index < -0.39 is 5.91 Å². The molecule has 1 aromatic rings. The average molecular weight is 260 g/mol. The lowest BCUT2D eigenvalue weighted by Gasteiger charge is -2.10. The Hall–Kier alpha value is -0.920. The van der Waals surface area contributed by atoms with Crippen LogP contribution in [0.3, 0.4) is 0 Å². The molecule has 0 bridgehead atoms. The average Bonchev–Trinajstić information content (AvgIpc) is 2.40. The maximum atomic E-state index is 11.2. The molecule has 0 fully saturated rings. The smallest absolute Gasteiger partial charge is 0.268 e. The molecule has 0 aliphatic heterocycles. The number of anilines is 1. The van der Waals surface area contributed by atoms with Gasteiger partial charge >= 0.3 is 0 Å². The van der Waals surface area contributed by atoms with E-state index in [4.69, 9.17) is 23.7 Å². The summed E-state index contributed by atoms with van der Waals surface area (Å²) in [5.74, 6) is -0.519. The molecule has 1 rings (SSSR count). The highest BCUT2D eigenvalue weighted by Gasteiger charge is 2.14. The van der Waals surface area contributed by atoms with Crippen LogP contribution in [-0.2, 0) is 6.54 Å². The van der Waals surface area contributed by atoms with Crippen molar-refractivity contribution in [3.05, 3.63) is 9.65 Å². The van der Waals surface area contributed by atoms with Gasteiger partial charge in [0, 0.05) is 6.54 Å².